The third kappa shape index (κ3) is 5.54. The van der Waals surface area contributed by atoms with Gasteiger partial charge in [0.2, 0.25) is 10.0 Å². The van der Waals surface area contributed by atoms with Crippen LogP contribution in [0.1, 0.15) is 24.0 Å². The zero-order chi connectivity index (χ0) is 18.6. The van der Waals surface area contributed by atoms with E-state index < -0.39 is 15.9 Å². The molecule has 0 aromatic heterocycles. The summed E-state index contributed by atoms with van der Waals surface area (Å²) in [5.41, 5.74) is 5.82. The van der Waals surface area contributed by atoms with Gasteiger partial charge in [-0.25, -0.2) is 13.8 Å². The van der Waals surface area contributed by atoms with Crippen LogP contribution in [-0.2, 0) is 14.8 Å². The fourth-order valence-corrected chi connectivity index (χ4v) is 3.76. The molecular formula is C17H27N4O3S+. The highest BCUT2D eigenvalue weighted by molar-refractivity contribution is 7.92. The highest BCUT2D eigenvalue weighted by Crippen LogP contribution is 2.23. The Hall–Kier alpha value is -1.93. The van der Waals surface area contributed by atoms with Gasteiger partial charge in [0.15, 0.2) is 0 Å². The molecule has 1 aromatic carbocycles. The number of carbonyl (C=O) groups excluding carboxylic acids is 1. The van der Waals surface area contributed by atoms with Gasteiger partial charge in [0, 0.05) is 18.6 Å². The quantitative estimate of drug-likeness (QED) is 0.710. The van der Waals surface area contributed by atoms with E-state index in [1.807, 2.05) is 26.0 Å². The molecule has 138 valence electrons. The molecule has 0 aliphatic carbocycles. The third-order valence-corrected chi connectivity index (χ3v) is 5.45. The van der Waals surface area contributed by atoms with E-state index in [1.165, 1.54) is 4.90 Å². The predicted octanol–water partition coefficient (Wildman–Crippen LogP) is -0.150. The van der Waals surface area contributed by atoms with Crippen LogP contribution in [0.15, 0.2) is 23.3 Å². The van der Waals surface area contributed by atoms with Crippen molar-refractivity contribution in [3.8, 4) is 0 Å². The number of hydrogen-bond acceptors (Lipinski definition) is 4. The summed E-state index contributed by atoms with van der Waals surface area (Å²) < 4.78 is 25.4. The van der Waals surface area contributed by atoms with E-state index in [9.17, 15) is 13.2 Å². The second-order valence-corrected chi connectivity index (χ2v) is 8.64. The van der Waals surface area contributed by atoms with E-state index in [0.29, 0.717) is 5.69 Å². The number of amides is 1. The minimum Gasteiger partial charge on any atom is -0.337 e. The van der Waals surface area contributed by atoms with Gasteiger partial charge < -0.3 is 4.90 Å². The van der Waals surface area contributed by atoms with E-state index in [1.54, 1.807) is 6.07 Å². The number of hydrazone groups is 1. The molecule has 0 saturated carbocycles. The van der Waals surface area contributed by atoms with Gasteiger partial charge in [-0.2, -0.15) is 5.10 Å². The number of nitrogens with zero attached hydrogens (tertiary/aromatic N) is 2. The molecule has 2 N–H and O–H groups in total. The summed E-state index contributed by atoms with van der Waals surface area (Å²) in [5.74, 6) is -0.441. The first-order valence-corrected chi connectivity index (χ1v) is 10.2. The summed E-state index contributed by atoms with van der Waals surface area (Å²) in [6.07, 6.45) is 2.79. The van der Waals surface area contributed by atoms with Gasteiger partial charge in [0.25, 0.3) is 5.91 Å². The second-order valence-electron chi connectivity index (χ2n) is 6.73. The zero-order valence-corrected chi connectivity index (χ0v) is 16.1. The van der Waals surface area contributed by atoms with Crippen molar-refractivity contribution in [2.24, 2.45) is 5.10 Å². The topological polar surface area (TPSA) is 83.3 Å². The lowest BCUT2D eigenvalue weighted by Crippen LogP contribution is -3.10. The largest absolute Gasteiger partial charge is 0.337 e. The minimum atomic E-state index is -3.58. The van der Waals surface area contributed by atoms with Gasteiger partial charge in [-0.3, -0.25) is 9.10 Å². The van der Waals surface area contributed by atoms with Crippen LogP contribution in [0.3, 0.4) is 0 Å². The van der Waals surface area contributed by atoms with Crippen LogP contribution in [0.25, 0.3) is 0 Å². The lowest BCUT2D eigenvalue weighted by atomic mass is 10.1. The number of likely N-dealkylation sites (tertiary alicyclic amines) is 1. The molecule has 1 saturated heterocycles. The van der Waals surface area contributed by atoms with Crippen LogP contribution in [0.2, 0.25) is 0 Å². The Bertz CT molecular complexity index is 764. The summed E-state index contributed by atoms with van der Waals surface area (Å²) >= 11 is 0. The molecule has 7 nitrogen and oxygen atoms in total. The van der Waals surface area contributed by atoms with Crippen molar-refractivity contribution in [3.05, 3.63) is 29.3 Å². The number of nitrogens with one attached hydrogen (secondary N) is 2. The van der Waals surface area contributed by atoms with Crippen molar-refractivity contribution < 1.29 is 18.1 Å². The zero-order valence-electron chi connectivity index (χ0n) is 15.3. The first kappa shape index (κ1) is 19.4. The molecule has 0 atom stereocenters. The SMILES string of the molecule is Cc1ccc(N(CC(=O)NN=C2CC[NH+](C)CC2)S(C)(=O)=O)c(C)c1. The summed E-state index contributed by atoms with van der Waals surface area (Å²) in [5, 5.41) is 4.17. The molecule has 0 spiro atoms. The Morgan fingerprint density at radius 3 is 2.48 bits per heavy atom. The van der Waals surface area contributed by atoms with E-state index in [0.717, 1.165) is 53.3 Å². The van der Waals surface area contributed by atoms with Gasteiger partial charge >= 0.3 is 0 Å². The lowest BCUT2D eigenvalue weighted by Gasteiger charge is -2.24. The molecule has 1 heterocycles. The number of hydrogen-bond donors (Lipinski definition) is 2. The maximum absolute atomic E-state index is 12.2. The number of piperidine rings is 1. The van der Waals surface area contributed by atoms with Gasteiger partial charge in [-0.05, 0) is 25.5 Å². The van der Waals surface area contributed by atoms with Crippen LogP contribution in [0.5, 0.6) is 0 Å². The van der Waals surface area contributed by atoms with E-state index in [2.05, 4.69) is 17.6 Å². The first-order chi connectivity index (χ1) is 11.7. The molecule has 8 heteroatoms. The van der Waals surface area contributed by atoms with Crippen molar-refractivity contribution in [2.75, 3.05) is 37.2 Å². The highest BCUT2D eigenvalue weighted by Gasteiger charge is 2.22. The lowest BCUT2D eigenvalue weighted by molar-refractivity contribution is -0.880. The molecule has 2 rings (SSSR count). The smallest absolute Gasteiger partial charge is 0.260 e. The third-order valence-electron chi connectivity index (χ3n) is 4.33. The van der Waals surface area contributed by atoms with Gasteiger partial charge in [0.1, 0.15) is 6.54 Å². The molecule has 1 amide bonds. The molecule has 0 unspecified atom stereocenters. The molecule has 0 bridgehead atoms. The number of anilines is 1. The van der Waals surface area contributed by atoms with Crippen LogP contribution < -0.4 is 14.6 Å². The Balaban J connectivity index is 2.10. The van der Waals surface area contributed by atoms with Crippen LogP contribution >= 0.6 is 0 Å². The fourth-order valence-electron chi connectivity index (χ4n) is 2.85. The highest BCUT2D eigenvalue weighted by atomic mass is 32.2. The molecule has 1 fully saturated rings. The summed E-state index contributed by atoms with van der Waals surface area (Å²) in [4.78, 5) is 13.7. The Labute approximate surface area is 149 Å². The fraction of sp³-hybridized carbons (Fsp3) is 0.529. The van der Waals surface area contributed by atoms with Gasteiger partial charge in [0.05, 0.1) is 32.1 Å². The first-order valence-electron chi connectivity index (χ1n) is 8.37. The standard InChI is InChI=1S/C17H26N4O3S/c1-13-5-6-16(14(2)11-13)21(25(4,23)24)12-17(22)19-18-15-7-9-20(3)10-8-15/h5-6,11H,7-10,12H2,1-4H3,(H,19,22)/p+1. The number of aryl methyl sites for hydroxylation is 2. The van der Waals surface area contributed by atoms with E-state index >= 15 is 0 Å². The molecular weight excluding hydrogens is 340 g/mol. The molecule has 25 heavy (non-hydrogen) atoms. The molecule has 1 aromatic rings. The van der Waals surface area contributed by atoms with Crippen molar-refractivity contribution in [1.29, 1.82) is 0 Å². The van der Waals surface area contributed by atoms with E-state index in [4.69, 9.17) is 0 Å². The monoisotopic (exact) mass is 367 g/mol. The summed E-state index contributed by atoms with van der Waals surface area (Å²) in [6.45, 7) is 5.47. The Morgan fingerprint density at radius 2 is 1.92 bits per heavy atom. The molecule has 0 radical (unpaired) electrons. The van der Waals surface area contributed by atoms with Crippen molar-refractivity contribution in [3.63, 3.8) is 0 Å². The predicted molar refractivity (Wildman–Crippen MR) is 99.5 cm³/mol. The Kier molecular flexibility index (Phi) is 6.18. The summed E-state index contributed by atoms with van der Waals surface area (Å²) in [6, 6.07) is 5.46. The summed E-state index contributed by atoms with van der Waals surface area (Å²) in [7, 11) is -1.45. The maximum atomic E-state index is 12.2. The van der Waals surface area contributed by atoms with Crippen molar-refractivity contribution in [2.45, 2.75) is 26.7 Å². The van der Waals surface area contributed by atoms with Crippen molar-refractivity contribution >= 4 is 27.3 Å². The number of benzene rings is 1. The molecule has 1 aliphatic rings. The van der Waals surface area contributed by atoms with Crippen molar-refractivity contribution in [1.82, 2.24) is 5.43 Å². The number of rotatable bonds is 5. The Morgan fingerprint density at radius 1 is 1.28 bits per heavy atom. The van der Waals surface area contributed by atoms with Crippen LogP contribution in [0, 0.1) is 13.8 Å². The van der Waals surface area contributed by atoms with E-state index in [-0.39, 0.29) is 6.54 Å². The maximum Gasteiger partial charge on any atom is 0.260 e. The van der Waals surface area contributed by atoms with Gasteiger partial charge in [-0.15, -0.1) is 0 Å². The molecule has 1 aliphatic heterocycles. The van der Waals surface area contributed by atoms with Crippen LogP contribution in [0.4, 0.5) is 5.69 Å². The van der Waals surface area contributed by atoms with Gasteiger partial charge in [-0.1, -0.05) is 17.7 Å². The average Bonchev–Trinajstić information content (AvgIpc) is 2.52. The normalized spacial score (nSPS) is 17.9. The number of sulfonamides is 1. The average molecular weight is 367 g/mol. The number of carbonyl (C=O) groups is 1. The van der Waals surface area contributed by atoms with Crippen LogP contribution in [-0.4, -0.2) is 53.0 Å². The second kappa shape index (κ2) is 7.97. The minimum absolute atomic E-state index is 0.287. The number of quaternary nitrogens is 1.